The van der Waals surface area contributed by atoms with E-state index in [4.69, 9.17) is 17.3 Å². The largest absolute Gasteiger partial charge is 0.326 e. The van der Waals surface area contributed by atoms with Crippen LogP contribution in [-0.2, 0) is 13.6 Å². The van der Waals surface area contributed by atoms with Crippen LogP contribution < -0.4 is 5.73 Å². The van der Waals surface area contributed by atoms with E-state index in [1.807, 2.05) is 28.8 Å². The van der Waals surface area contributed by atoms with Crippen LogP contribution in [0.4, 0.5) is 4.39 Å². The summed E-state index contributed by atoms with van der Waals surface area (Å²) >= 11 is 6.60. The summed E-state index contributed by atoms with van der Waals surface area (Å²) in [6.07, 6.45) is 0. The summed E-state index contributed by atoms with van der Waals surface area (Å²) in [5.41, 5.74) is 8.01. The Morgan fingerprint density at radius 3 is 2.68 bits per heavy atom. The number of aryl methyl sites for hydroxylation is 1. The third-order valence-electron chi connectivity index (χ3n) is 4.05. The first-order valence-corrected chi connectivity index (χ1v) is 8.00. The Balaban J connectivity index is 2.07. The lowest BCUT2D eigenvalue weighted by atomic mass is 10.2. The van der Waals surface area contributed by atoms with Gasteiger partial charge in [-0.1, -0.05) is 35.9 Å². The monoisotopic (exact) mass is 356 g/mol. The number of hydrogen-bond donors (Lipinski definition) is 1. The first kappa shape index (κ1) is 15.7. The number of nitrogens with zero attached hydrogens (tertiary/aromatic N) is 5. The van der Waals surface area contributed by atoms with Gasteiger partial charge in [-0.05, 0) is 23.4 Å². The Bertz CT molecular complexity index is 1080. The van der Waals surface area contributed by atoms with Crippen molar-refractivity contribution in [3.8, 4) is 17.2 Å². The molecule has 4 rings (SSSR count). The molecule has 4 aromatic rings. The zero-order valence-electron chi connectivity index (χ0n) is 13.3. The zero-order chi connectivity index (χ0) is 17.6. The Hall–Kier alpha value is -2.77. The van der Waals surface area contributed by atoms with Crippen LogP contribution in [0.15, 0.2) is 42.5 Å². The minimum atomic E-state index is -0.369. The Kier molecular flexibility index (Phi) is 3.74. The van der Waals surface area contributed by atoms with Gasteiger partial charge < -0.3 is 10.3 Å². The highest BCUT2D eigenvalue weighted by Gasteiger charge is 2.22. The maximum absolute atomic E-state index is 14.3. The second-order valence-corrected chi connectivity index (χ2v) is 5.98. The Morgan fingerprint density at radius 2 is 2.00 bits per heavy atom. The van der Waals surface area contributed by atoms with Crippen molar-refractivity contribution in [3.05, 3.63) is 58.9 Å². The van der Waals surface area contributed by atoms with Crippen LogP contribution in [0.25, 0.3) is 28.1 Å². The van der Waals surface area contributed by atoms with Gasteiger partial charge in [-0.15, -0.1) is 10.2 Å². The van der Waals surface area contributed by atoms with E-state index in [1.165, 1.54) is 10.9 Å². The summed E-state index contributed by atoms with van der Waals surface area (Å²) in [7, 11) is 1.67. The minimum absolute atomic E-state index is 0.137. The second kappa shape index (κ2) is 5.94. The fourth-order valence-electron chi connectivity index (χ4n) is 2.89. The smallest absolute Gasteiger partial charge is 0.223 e. The number of rotatable bonds is 3. The number of fused-ring (bicyclic) bond motifs is 1. The van der Waals surface area contributed by atoms with E-state index in [2.05, 4.69) is 15.4 Å². The maximum Gasteiger partial charge on any atom is 0.223 e. The Labute approximate surface area is 147 Å². The number of benzene rings is 2. The molecule has 0 radical (unpaired) electrons. The van der Waals surface area contributed by atoms with E-state index in [-0.39, 0.29) is 12.4 Å². The minimum Gasteiger partial charge on any atom is -0.326 e. The van der Waals surface area contributed by atoms with Gasteiger partial charge >= 0.3 is 0 Å². The lowest BCUT2D eigenvalue weighted by Gasteiger charge is -2.10. The topological polar surface area (TPSA) is 74.5 Å². The van der Waals surface area contributed by atoms with Crippen molar-refractivity contribution in [1.29, 1.82) is 0 Å². The fraction of sp³-hybridized carbons (Fsp3) is 0.118. The van der Waals surface area contributed by atoms with E-state index in [0.717, 1.165) is 10.9 Å². The van der Waals surface area contributed by atoms with Gasteiger partial charge in [0.1, 0.15) is 11.5 Å². The van der Waals surface area contributed by atoms with Crippen LogP contribution in [0.3, 0.4) is 0 Å². The molecule has 0 spiro atoms. The van der Waals surface area contributed by atoms with E-state index in [1.54, 1.807) is 19.2 Å². The van der Waals surface area contributed by atoms with Crippen molar-refractivity contribution < 1.29 is 4.39 Å². The number of para-hydroxylation sites is 1. The molecule has 0 unspecified atom stereocenters. The lowest BCUT2D eigenvalue weighted by Crippen LogP contribution is -2.03. The molecule has 0 aliphatic carbocycles. The van der Waals surface area contributed by atoms with Gasteiger partial charge in [0, 0.05) is 23.2 Å². The van der Waals surface area contributed by atoms with E-state index < -0.39 is 0 Å². The van der Waals surface area contributed by atoms with Gasteiger partial charge in [0.15, 0.2) is 0 Å². The van der Waals surface area contributed by atoms with Gasteiger partial charge in [0.25, 0.3) is 0 Å². The molecular formula is C17H14ClFN6. The molecule has 2 heterocycles. The molecule has 0 aliphatic heterocycles. The van der Waals surface area contributed by atoms with Crippen molar-refractivity contribution in [2.24, 2.45) is 12.8 Å². The normalized spacial score (nSPS) is 11.4. The van der Waals surface area contributed by atoms with Crippen LogP contribution in [0, 0.1) is 5.82 Å². The van der Waals surface area contributed by atoms with Crippen molar-refractivity contribution >= 4 is 22.5 Å². The van der Waals surface area contributed by atoms with E-state index in [9.17, 15) is 4.39 Å². The van der Waals surface area contributed by atoms with Crippen molar-refractivity contribution in [3.63, 3.8) is 0 Å². The summed E-state index contributed by atoms with van der Waals surface area (Å²) in [4.78, 5) is 1.35. The molecule has 126 valence electrons. The number of nitrogens with two attached hydrogens (primary N) is 1. The molecule has 8 heteroatoms. The average molecular weight is 357 g/mol. The molecule has 25 heavy (non-hydrogen) atoms. The predicted molar refractivity (Wildman–Crippen MR) is 93.9 cm³/mol. The first-order valence-electron chi connectivity index (χ1n) is 7.62. The number of halogens is 2. The van der Waals surface area contributed by atoms with Crippen LogP contribution in [0.1, 0.15) is 5.56 Å². The summed E-state index contributed by atoms with van der Waals surface area (Å²) in [6.45, 7) is 0.137. The van der Waals surface area contributed by atoms with Crippen LogP contribution in [0.2, 0.25) is 5.02 Å². The second-order valence-electron chi connectivity index (χ2n) is 5.60. The maximum atomic E-state index is 14.3. The molecule has 2 aromatic heterocycles. The molecule has 0 amide bonds. The van der Waals surface area contributed by atoms with Crippen LogP contribution in [-0.4, -0.2) is 24.8 Å². The standard InChI is InChI=1S/C17H14ClFN6/c1-24-22-17(21-23-24)16-15(18)12-4-2-3-5-14(12)25(16)11-7-6-10(9-20)13(19)8-11/h2-8H,9,20H2,1H3. The highest BCUT2D eigenvalue weighted by atomic mass is 35.5. The zero-order valence-corrected chi connectivity index (χ0v) is 14.1. The Morgan fingerprint density at radius 1 is 1.20 bits per heavy atom. The highest BCUT2D eigenvalue weighted by molar-refractivity contribution is 6.38. The highest BCUT2D eigenvalue weighted by Crippen LogP contribution is 2.38. The van der Waals surface area contributed by atoms with Gasteiger partial charge in [-0.25, -0.2) is 4.39 Å². The SMILES string of the molecule is Cn1nnc(-c2c(Cl)c3ccccc3n2-c2ccc(CN)c(F)c2)n1. The molecule has 0 bridgehead atoms. The third-order valence-corrected chi connectivity index (χ3v) is 4.43. The van der Waals surface area contributed by atoms with Crippen LogP contribution >= 0.6 is 11.6 Å². The third kappa shape index (κ3) is 2.48. The molecule has 2 N–H and O–H groups in total. The lowest BCUT2D eigenvalue weighted by molar-refractivity contribution is 0.609. The molecule has 6 nitrogen and oxygen atoms in total. The van der Waals surface area contributed by atoms with Gasteiger partial charge in [0.05, 0.1) is 17.6 Å². The molecule has 0 aliphatic rings. The summed E-state index contributed by atoms with van der Waals surface area (Å²) in [5, 5.41) is 13.5. The van der Waals surface area contributed by atoms with E-state index in [0.29, 0.717) is 27.8 Å². The van der Waals surface area contributed by atoms with Gasteiger partial charge in [-0.3, -0.25) is 0 Å². The number of aromatic nitrogens is 5. The van der Waals surface area contributed by atoms with Crippen LogP contribution in [0.5, 0.6) is 0 Å². The van der Waals surface area contributed by atoms with E-state index >= 15 is 0 Å². The molecule has 0 saturated carbocycles. The van der Waals surface area contributed by atoms with Crippen molar-refractivity contribution in [2.75, 3.05) is 0 Å². The van der Waals surface area contributed by atoms with Crippen molar-refractivity contribution in [1.82, 2.24) is 24.8 Å². The summed E-state index contributed by atoms with van der Waals surface area (Å²) in [5.74, 6) is -0.000955. The molecule has 0 atom stereocenters. The fourth-order valence-corrected chi connectivity index (χ4v) is 3.22. The number of tetrazole rings is 1. The molecule has 0 fully saturated rings. The molecule has 2 aromatic carbocycles. The van der Waals surface area contributed by atoms with Gasteiger partial charge in [-0.2, -0.15) is 4.80 Å². The summed E-state index contributed by atoms with van der Waals surface area (Å²) < 4.78 is 16.1. The number of hydrogen-bond acceptors (Lipinski definition) is 4. The van der Waals surface area contributed by atoms with Crippen molar-refractivity contribution in [2.45, 2.75) is 6.54 Å². The van der Waals surface area contributed by atoms with Gasteiger partial charge in [0.2, 0.25) is 5.82 Å². The average Bonchev–Trinajstić information content (AvgIpc) is 3.16. The predicted octanol–water partition coefficient (Wildman–Crippen LogP) is 3.07. The molecular weight excluding hydrogens is 343 g/mol. The molecule has 0 saturated heterocycles. The summed E-state index contributed by atoms with van der Waals surface area (Å²) in [6, 6.07) is 12.5. The first-order chi connectivity index (χ1) is 12.1. The quantitative estimate of drug-likeness (QED) is 0.612.